The maximum Gasteiger partial charge on any atom is 0.238 e. The fraction of sp³-hybridized carbons (Fsp3) is 0.200. The predicted octanol–water partition coefficient (Wildman–Crippen LogP) is 1.39. The smallest absolute Gasteiger partial charge is 0.238 e. The molecular weight excluding hydrogens is 287 g/mol. The fourth-order valence-corrected chi connectivity index (χ4v) is 2.15. The Morgan fingerprint density at radius 2 is 1.80 bits per heavy atom. The maximum absolute atomic E-state index is 11.6. The molecule has 0 aliphatic carbocycles. The van der Waals surface area contributed by atoms with Crippen LogP contribution in [0.25, 0.3) is 0 Å². The number of nitrogens with one attached hydrogen (secondary N) is 1. The van der Waals surface area contributed by atoms with Crippen LogP contribution in [0.5, 0.6) is 0 Å². The van der Waals surface area contributed by atoms with Gasteiger partial charge in [-0.25, -0.2) is 13.1 Å². The Hall–Kier alpha value is 0.234. The van der Waals surface area contributed by atoms with Crippen molar-refractivity contribution in [2.45, 2.75) is 17.4 Å². The molecule has 0 aliphatic heterocycles. The molecule has 1 N–H and O–H groups in total. The van der Waals surface area contributed by atoms with E-state index in [1.165, 1.54) is 12.1 Å². The van der Waals surface area contributed by atoms with Crippen molar-refractivity contribution >= 4 is 10.0 Å². The SMILES string of the molecule is [CH2-]CC([CH2-])NS(=O)(=O)c1ccccc1.[Y]. The fourth-order valence-electron chi connectivity index (χ4n) is 0.946. The number of hydrogen-bond acceptors (Lipinski definition) is 2. The largest absolute Gasteiger partial charge is 0.344 e. The molecule has 0 aliphatic rings. The second kappa shape index (κ2) is 6.74. The summed E-state index contributed by atoms with van der Waals surface area (Å²) < 4.78 is 25.7. The molecule has 1 aromatic rings. The summed E-state index contributed by atoms with van der Waals surface area (Å²) in [7, 11) is -3.42. The molecule has 81 valence electrons. The third-order valence-corrected chi connectivity index (χ3v) is 3.26. The Kier molecular flexibility index (Phi) is 6.84. The van der Waals surface area contributed by atoms with Gasteiger partial charge in [0.2, 0.25) is 10.0 Å². The van der Waals surface area contributed by atoms with Crippen molar-refractivity contribution in [2.24, 2.45) is 0 Å². The molecule has 1 unspecified atom stereocenters. The van der Waals surface area contributed by atoms with E-state index in [1.54, 1.807) is 18.2 Å². The molecule has 1 rings (SSSR count). The van der Waals surface area contributed by atoms with Crippen molar-refractivity contribution in [1.82, 2.24) is 4.72 Å². The van der Waals surface area contributed by atoms with E-state index in [0.29, 0.717) is 6.42 Å². The Labute approximate surface area is 117 Å². The first-order valence-corrected chi connectivity index (χ1v) is 5.74. The minimum Gasteiger partial charge on any atom is -0.344 e. The molecule has 0 fully saturated rings. The van der Waals surface area contributed by atoms with Crippen LogP contribution >= 0.6 is 0 Å². The van der Waals surface area contributed by atoms with Crippen LogP contribution < -0.4 is 4.72 Å². The average molecular weight is 300 g/mol. The molecule has 0 bridgehead atoms. The second-order valence-electron chi connectivity index (χ2n) is 2.92. The van der Waals surface area contributed by atoms with Crippen molar-refractivity contribution in [2.75, 3.05) is 0 Å². The van der Waals surface area contributed by atoms with Crippen LogP contribution in [0.4, 0.5) is 0 Å². The van der Waals surface area contributed by atoms with E-state index >= 15 is 0 Å². The van der Waals surface area contributed by atoms with Crippen LogP contribution in [-0.2, 0) is 42.7 Å². The Balaban J connectivity index is 0.00000196. The average Bonchev–Trinajstić information content (AvgIpc) is 2.18. The molecule has 1 aromatic carbocycles. The van der Waals surface area contributed by atoms with Gasteiger partial charge >= 0.3 is 0 Å². The summed E-state index contributed by atoms with van der Waals surface area (Å²) in [6.45, 7) is 7.19. The molecule has 1 atom stereocenters. The Morgan fingerprint density at radius 3 is 2.27 bits per heavy atom. The minimum atomic E-state index is -3.42. The van der Waals surface area contributed by atoms with Crippen molar-refractivity contribution in [3.05, 3.63) is 44.2 Å². The van der Waals surface area contributed by atoms with Gasteiger partial charge in [-0.05, 0) is 12.1 Å². The molecule has 3 nitrogen and oxygen atoms in total. The Bertz CT molecular complexity index is 378. The van der Waals surface area contributed by atoms with Gasteiger partial charge in [-0.1, -0.05) is 18.2 Å². The van der Waals surface area contributed by atoms with Crippen LogP contribution in [0, 0.1) is 13.8 Å². The number of benzene rings is 1. The summed E-state index contributed by atoms with van der Waals surface area (Å²) >= 11 is 0. The van der Waals surface area contributed by atoms with E-state index in [2.05, 4.69) is 18.6 Å². The van der Waals surface area contributed by atoms with E-state index in [1.807, 2.05) is 0 Å². The van der Waals surface area contributed by atoms with Gasteiger partial charge in [-0.3, -0.25) is 0 Å². The number of rotatable bonds is 4. The molecule has 15 heavy (non-hydrogen) atoms. The molecule has 1 radical (unpaired) electrons. The van der Waals surface area contributed by atoms with Crippen molar-refractivity contribution < 1.29 is 41.1 Å². The summed E-state index contributed by atoms with van der Waals surface area (Å²) in [6.07, 6.45) is 0.423. The molecular formula is C10H13NO2SY-2. The normalized spacial score (nSPS) is 12.9. The molecule has 5 heteroatoms. The van der Waals surface area contributed by atoms with Gasteiger partial charge in [0.15, 0.2) is 0 Å². The molecule has 0 saturated heterocycles. The van der Waals surface area contributed by atoms with E-state index in [9.17, 15) is 8.42 Å². The standard InChI is InChI=1S/C10H13NO2S.Y/c1-3-9(2)11-14(12,13)10-7-5-4-6-8-10;/h4-9,11H,1-3H2;/q-2;. The van der Waals surface area contributed by atoms with Crippen LogP contribution in [0.1, 0.15) is 6.42 Å². The van der Waals surface area contributed by atoms with Gasteiger partial charge in [0, 0.05) is 32.7 Å². The quantitative estimate of drug-likeness (QED) is 0.854. The zero-order chi connectivity index (χ0) is 10.6. The number of hydrogen-bond donors (Lipinski definition) is 1. The summed E-state index contributed by atoms with van der Waals surface area (Å²) in [5.41, 5.74) is 0. The van der Waals surface area contributed by atoms with E-state index in [4.69, 9.17) is 0 Å². The minimum absolute atomic E-state index is 0. The zero-order valence-electron chi connectivity index (χ0n) is 8.39. The predicted molar refractivity (Wildman–Crippen MR) is 55.9 cm³/mol. The van der Waals surface area contributed by atoms with Gasteiger partial charge in [-0.2, -0.15) is 6.42 Å². The monoisotopic (exact) mass is 300 g/mol. The third-order valence-electron chi connectivity index (χ3n) is 1.72. The second-order valence-corrected chi connectivity index (χ2v) is 4.63. The third kappa shape index (κ3) is 4.72. The van der Waals surface area contributed by atoms with Gasteiger partial charge in [0.05, 0.1) is 4.90 Å². The zero-order valence-corrected chi connectivity index (χ0v) is 12.0. The van der Waals surface area contributed by atoms with Gasteiger partial charge in [0.1, 0.15) is 0 Å². The van der Waals surface area contributed by atoms with Crippen LogP contribution in [0.15, 0.2) is 35.2 Å². The molecule has 0 heterocycles. The topological polar surface area (TPSA) is 46.2 Å². The maximum atomic E-state index is 11.6. The van der Waals surface area contributed by atoms with Gasteiger partial charge in [-0.15, -0.1) is 6.04 Å². The van der Waals surface area contributed by atoms with Crippen molar-refractivity contribution in [1.29, 1.82) is 0 Å². The first kappa shape index (κ1) is 15.2. The molecule has 0 saturated carbocycles. The molecule has 0 spiro atoms. The van der Waals surface area contributed by atoms with Crippen LogP contribution in [-0.4, -0.2) is 14.5 Å². The molecule has 0 amide bonds. The summed E-state index contributed by atoms with van der Waals surface area (Å²) in [6, 6.07) is 7.81. The van der Waals surface area contributed by atoms with E-state index < -0.39 is 10.0 Å². The van der Waals surface area contributed by atoms with E-state index in [0.717, 1.165) is 0 Å². The Morgan fingerprint density at radius 1 is 1.27 bits per heavy atom. The van der Waals surface area contributed by atoms with Gasteiger partial charge < -0.3 is 13.8 Å². The summed E-state index contributed by atoms with van der Waals surface area (Å²) in [5.74, 6) is 0. The number of sulfonamides is 1. The first-order chi connectivity index (χ1) is 6.56. The van der Waals surface area contributed by atoms with E-state index in [-0.39, 0.29) is 43.6 Å². The summed E-state index contributed by atoms with van der Waals surface area (Å²) in [5, 5.41) is 0. The van der Waals surface area contributed by atoms with Crippen molar-refractivity contribution in [3.8, 4) is 0 Å². The van der Waals surface area contributed by atoms with Crippen LogP contribution in [0.3, 0.4) is 0 Å². The van der Waals surface area contributed by atoms with Crippen LogP contribution in [0.2, 0.25) is 0 Å². The van der Waals surface area contributed by atoms with Gasteiger partial charge in [0.25, 0.3) is 0 Å². The van der Waals surface area contributed by atoms with Crippen molar-refractivity contribution in [3.63, 3.8) is 0 Å². The first-order valence-electron chi connectivity index (χ1n) is 4.26. The summed E-state index contributed by atoms with van der Waals surface area (Å²) in [4.78, 5) is 0.252. The molecule has 0 aromatic heterocycles.